The number of aromatic nitrogens is 2. The average Bonchev–Trinajstić information content (AvgIpc) is 3.08. The van der Waals surface area contributed by atoms with Crippen LogP contribution in [-0.4, -0.2) is 35.8 Å². The maximum Gasteiger partial charge on any atom is 0.405 e. The third-order valence-electron chi connectivity index (χ3n) is 2.56. The van der Waals surface area contributed by atoms with Gasteiger partial charge >= 0.3 is 6.18 Å². The van der Waals surface area contributed by atoms with Gasteiger partial charge in [0.25, 0.3) is 0 Å². The molecule has 1 saturated carbocycles. The van der Waals surface area contributed by atoms with E-state index in [4.69, 9.17) is 16.3 Å². The number of halogens is 4. The van der Waals surface area contributed by atoms with Crippen LogP contribution in [0.25, 0.3) is 0 Å². The lowest BCUT2D eigenvalue weighted by Gasteiger charge is -2.26. The number of alkyl halides is 3. The van der Waals surface area contributed by atoms with Crippen molar-refractivity contribution in [1.29, 1.82) is 0 Å². The van der Waals surface area contributed by atoms with E-state index in [0.29, 0.717) is 12.8 Å². The minimum Gasteiger partial charge on any atom is -0.490 e. The summed E-state index contributed by atoms with van der Waals surface area (Å²) in [5.41, 5.74) is 0. The molecule has 1 aromatic rings. The van der Waals surface area contributed by atoms with Gasteiger partial charge in [0.1, 0.15) is 12.9 Å². The molecule has 0 bridgehead atoms. The lowest BCUT2D eigenvalue weighted by Crippen LogP contribution is -2.36. The molecule has 1 heterocycles. The van der Waals surface area contributed by atoms with E-state index in [1.54, 1.807) is 0 Å². The molecule has 0 N–H and O–H groups in total. The third-order valence-corrected chi connectivity index (χ3v) is 2.82. The van der Waals surface area contributed by atoms with Gasteiger partial charge in [0, 0.05) is 6.04 Å². The number of anilines is 1. The van der Waals surface area contributed by atoms with Gasteiger partial charge in [-0.25, -0.2) is 9.97 Å². The summed E-state index contributed by atoms with van der Waals surface area (Å²) in [6, 6.07) is -0.161. The maximum absolute atomic E-state index is 12.6. The maximum atomic E-state index is 12.6. The van der Waals surface area contributed by atoms with Gasteiger partial charge < -0.3 is 9.64 Å². The molecular weight excluding hydrogens is 271 g/mol. The highest BCUT2D eigenvalue weighted by Gasteiger charge is 2.40. The van der Waals surface area contributed by atoms with Crippen molar-refractivity contribution in [2.24, 2.45) is 0 Å². The summed E-state index contributed by atoms with van der Waals surface area (Å²) in [6.07, 6.45) is -1.75. The second-order valence-corrected chi connectivity index (χ2v) is 4.35. The SMILES string of the molecule is COc1c(Cl)ncnc1N(CC(F)(F)F)C1CC1. The zero-order valence-electron chi connectivity index (χ0n) is 9.54. The molecule has 0 radical (unpaired) electrons. The van der Waals surface area contributed by atoms with Crippen molar-refractivity contribution in [3.8, 4) is 5.75 Å². The van der Waals surface area contributed by atoms with Crippen LogP contribution in [-0.2, 0) is 0 Å². The molecule has 0 aliphatic heterocycles. The monoisotopic (exact) mass is 281 g/mol. The third kappa shape index (κ3) is 2.95. The zero-order valence-corrected chi connectivity index (χ0v) is 10.3. The van der Waals surface area contributed by atoms with Crippen molar-refractivity contribution in [2.45, 2.75) is 25.1 Å². The van der Waals surface area contributed by atoms with E-state index in [9.17, 15) is 13.2 Å². The first-order valence-corrected chi connectivity index (χ1v) is 5.68. The van der Waals surface area contributed by atoms with Crippen LogP contribution >= 0.6 is 11.6 Å². The van der Waals surface area contributed by atoms with Crippen molar-refractivity contribution >= 4 is 17.4 Å². The van der Waals surface area contributed by atoms with Crippen molar-refractivity contribution in [2.75, 3.05) is 18.6 Å². The molecule has 4 nitrogen and oxygen atoms in total. The smallest absolute Gasteiger partial charge is 0.405 e. The largest absolute Gasteiger partial charge is 0.490 e. The summed E-state index contributed by atoms with van der Waals surface area (Å²) in [5, 5.41) is 0.00956. The average molecular weight is 282 g/mol. The van der Waals surface area contributed by atoms with E-state index in [1.165, 1.54) is 12.0 Å². The number of hydrogen-bond donors (Lipinski definition) is 0. The molecule has 0 atom stereocenters. The molecule has 2 rings (SSSR count). The molecule has 18 heavy (non-hydrogen) atoms. The summed E-state index contributed by atoms with van der Waals surface area (Å²) in [4.78, 5) is 8.73. The van der Waals surface area contributed by atoms with E-state index in [2.05, 4.69) is 9.97 Å². The number of nitrogens with zero attached hydrogens (tertiary/aromatic N) is 3. The minimum atomic E-state index is -4.30. The molecule has 0 spiro atoms. The van der Waals surface area contributed by atoms with Gasteiger partial charge in [0.2, 0.25) is 0 Å². The van der Waals surface area contributed by atoms with Gasteiger partial charge in [0.15, 0.2) is 16.7 Å². The van der Waals surface area contributed by atoms with Crippen LogP contribution in [0.15, 0.2) is 6.33 Å². The molecular formula is C10H11ClF3N3O. The summed E-state index contributed by atoms with van der Waals surface area (Å²) in [7, 11) is 1.33. The van der Waals surface area contributed by atoms with Gasteiger partial charge in [-0.1, -0.05) is 11.6 Å². The first kappa shape index (κ1) is 13.2. The Labute approximate surface area is 107 Å². The molecule has 100 valence electrons. The Bertz CT molecular complexity index is 437. The lowest BCUT2D eigenvalue weighted by atomic mass is 10.4. The Morgan fingerprint density at radius 3 is 2.61 bits per heavy atom. The molecule has 8 heteroatoms. The first-order chi connectivity index (χ1) is 8.42. The lowest BCUT2D eigenvalue weighted by molar-refractivity contribution is -0.120. The van der Waals surface area contributed by atoms with Gasteiger partial charge in [-0.2, -0.15) is 13.2 Å². The first-order valence-electron chi connectivity index (χ1n) is 5.30. The van der Waals surface area contributed by atoms with Gasteiger partial charge in [-0.05, 0) is 12.8 Å². The summed E-state index contributed by atoms with van der Waals surface area (Å²) in [6.45, 7) is -1.07. The highest BCUT2D eigenvalue weighted by atomic mass is 35.5. The van der Waals surface area contributed by atoms with Crippen molar-refractivity contribution in [1.82, 2.24) is 9.97 Å². The molecule has 1 aliphatic carbocycles. The van der Waals surface area contributed by atoms with Crippen molar-refractivity contribution < 1.29 is 17.9 Å². The second-order valence-electron chi connectivity index (χ2n) is 4.00. The molecule has 0 amide bonds. The topological polar surface area (TPSA) is 38.3 Å². The molecule has 0 aromatic carbocycles. The summed E-state index contributed by atoms with van der Waals surface area (Å²) in [5.74, 6) is 0.174. The number of hydrogen-bond acceptors (Lipinski definition) is 4. The van der Waals surface area contributed by atoms with Crippen molar-refractivity contribution in [3.05, 3.63) is 11.5 Å². The summed E-state index contributed by atoms with van der Waals surface area (Å²) < 4.78 is 42.7. The normalized spacial score (nSPS) is 15.6. The van der Waals surface area contributed by atoms with Gasteiger partial charge in [0.05, 0.1) is 7.11 Å². The standard InChI is InChI=1S/C10H11ClF3N3O/c1-18-7-8(11)15-5-16-9(7)17(6-2-3-6)4-10(12,13)14/h5-6H,2-4H2,1H3. The Balaban J connectivity index is 2.33. The zero-order chi connectivity index (χ0) is 13.3. The molecule has 0 saturated heterocycles. The van der Waals surface area contributed by atoms with Crippen LogP contribution in [0, 0.1) is 0 Å². The predicted octanol–water partition coefficient (Wildman–Crippen LogP) is 2.67. The van der Waals surface area contributed by atoms with E-state index in [-0.39, 0.29) is 22.8 Å². The minimum absolute atomic E-state index is 0.00956. The molecule has 1 fully saturated rings. The Morgan fingerprint density at radius 1 is 1.44 bits per heavy atom. The quantitative estimate of drug-likeness (QED) is 0.795. The van der Waals surface area contributed by atoms with Crippen LogP contribution in [0.1, 0.15) is 12.8 Å². The Morgan fingerprint density at radius 2 is 2.11 bits per heavy atom. The Kier molecular flexibility index (Phi) is 3.52. The summed E-state index contributed by atoms with van der Waals surface area (Å²) >= 11 is 5.79. The van der Waals surface area contributed by atoms with Crippen molar-refractivity contribution in [3.63, 3.8) is 0 Å². The van der Waals surface area contributed by atoms with E-state index in [1.807, 2.05) is 0 Å². The molecule has 1 aliphatic rings. The highest BCUT2D eigenvalue weighted by molar-refractivity contribution is 6.31. The fourth-order valence-corrected chi connectivity index (χ4v) is 1.89. The van der Waals surface area contributed by atoms with Crippen LogP contribution in [0.4, 0.5) is 19.0 Å². The number of rotatable bonds is 4. The van der Waals surface area contributed by atoms with Crippen LogP contribution < -0.4 is 9.64 Å². The second kappa shape index (κ2) is 4.79. The van der Waals surface area contributed by atoms with Crippen LogP contribution in [0.5, 0.6) is 5.75 Å². The Hall–Kier alpha value is -1.24. The van der Waals surface area contributed by atoms with E-state index in [0.717, 1.165) is 6.33 Å². The van der Waals surface area contributed by atoms with E-state index >= 15 is 0 Å². The molecule has 1 aromatic heterocycles. The highest BCUT2D eigenvalue weighted by Crippen LogP contribution is 2.39. The van der Waals surface area contributed by atoms with Crippen LogP contribution in [0.3, 0.4) is 0 Å². The number of methoxy groups -OCH3 is 1. The fourth-order valence-electron chi connectivity index (χ4n) is 1.68. The fraction of sp³-hybridized carbons (Fsp3) is 0.600. The van der Waals surface area contributed by atoms with Crippen LogP contribution in [0.2, 0.25) is 5.15 Å². The van der Waals surface area contributed by atoms with E-state index < -0.39 is 12.7 Å². The number of ether oxygens (including phenoxy) is 1. The van der Waals surface area contributed by atoms with Gasteiger partial charge in [-0.15, -0.1) is 0 Å². The predicted molar refractivity (Wildman–Crippen MR) is 60.0 cm³/mol. The molecule has 0 unspecified atom stereocenters. The van der Waals surface area contributed by atoms with Gasteiger partial charge in [-0.3, -0.25) is 0 Å².